The number of aryl methyl sites for hydroxylation is 2. The van der Waals surface area contributed by atoms with Crippen molar-refractivity contribution in [3.63, 3.8) is 0 Å². The third-order valence-electron chi connectivity index (χ3n) is 2.42. The summed E-state index contributed by atoms with van der Waals surface area (Å²) >= 11 is 3.47. The summed E-state index contributed by atoms with van der Waals surface area (Å²) < 4.78 is 1.08. The molecule has 16 heavy (non-hydrogen) atoms. The molecule has 0 atom stereocenters. The molecule has 84 valence electrons. The molecule has 0 fully saturated rings. The lowest BCUT2D eigenvalue weighted by molar-refractivity contribution is 1.04. The molecular formula is C12H14BrN3. The quantitative estimate of drug-likeness (QED) is 0.904. The topological polar surface area (TPSA) is 40.7 Å². The van der Waals surface area contributed by atoms with Gasteiger partial charge in [0.25, 0.3) is 0 Å². The van der Waals surface area contributed by atoms with Crippen molar-refractivity contribution in [1.82, 2.24) is 9.97 Å². The van der Waals surface area contributed by atoms with Crippen LogP contribution in [0.25, 0.3) is 0 Å². The number of hydrogen-bond donors (Lipinski definition) is 2. The molecule has 1 aromatic carbocycles. The first kappa shape index (κ1) is 11.2. The fourth-order valence-electron chi connectivity index (χ4n) is 1.54. The number of anilines is 1. The Hall–Kier alpha value is -1.29. The van der Waals surface area contributed by atoms with Crippen LogP contribution in [-0.4, -0.2) is 9.97 Å². The molecule has 2 aromatic rings. The molecule has 0 radical (unpaired) electrons. The van der Waals surface area contributed by atoms with Gasteiger partial charge in [-0.2, -0.15) is 0 Å². The number of aromatic amines is 1. The second-order valence-electron chi connectivity index (χ2n) is 3.81. The zero-order valence-electron chi connectivity index (χ0n) is 9.34. The van der Waals surface area contributed by atoms with Gasteiger partial charge in [0.2, 0.25) is 0 Å². The summed E-state index contributed by atoms with van der Waals surface area (Å²) in [5.74, 6) is 0.947. The van der Waals surface area contributed by atoms with Crippen molar-refractivity contribution in [1.29, 1.82) is 0 Å². The lowest BCUT2D eigenvalue weighted by Crippen LogP contribution is -2.01. The smallest absolute Gasteiger partial charge is 0.103 e. The Balaban J connectivity index is 2.07. The Morgan fingerprint density at radius 2 is 2.19 bits per heavy atom. The van der Waals surface area contributed by atoms with Crippen molar-refractivity contribution < 1.29 is 0 Å². The predicted octanol–water partition coefficient (Wildman–Crippen LogP) is 3.40. The fourth-order valence-corrected chi connectivity index (χ4v) is 1.90. The highest BCUT2D eigenvalue weighted by atomic mass is 79.9. The van der Waals surface area contributed by atoms with Gasteiger partial charge in [0.15, 0.2) is 0 Å². The molecule has 0 saturated heterocycles. The number of nitrogens with one attached hydrogen (secondary N) is 2. The van der Waals surface area contributed by atoms with Crippen molar-refractivity contribution in [2.45, 2.75) is 20.4 Å². The van der Waals surface area contributed by atoms with Crippen LogP contribution in [0.15, 0.2) is 28.9 Å². The molecule has 0 aliphatic heterocycles. The molecule has 1 heterocycles. The molecule has 0 aliphatic rings. The van der Waals surface area contributed by atoms with Gasteiger partial charge in [0, 0.05) is 10.2 Å². The molecule has 0 bridgehead atoms. The maximum atomic E-state index is 4.16. The molecule has 0 spiro atoms. The van der Waals surface area contributed by atoms with E-state index < -0.39 is 0 Å². The Kier molecular flexibility index (Phi) is 3.29. The Bertz CT molecular complexity index is 491. The van der Waals surface area contributed by atoms with Crippen LogP contribution in [0.5, 0.6) is 0 Å². The van der Waals surface area contributed by atoms with Gasteiger partial charge < -0.3 is 10.3 Å². The second kappa shape index (κ2) is 4.70. The van der Waals surface area contributed by atoms with Crippen molar-refractivity contribution in [2.24, 2.45) is 0 Å². The van der Waals surface area contributed by atoms with E-state index in [0.717, 1.165) is 28.2 Å². The van der Waals surface area contributed by atoms with E-state index in [0.29, 0.717) is 0 Å². The predicted molar refractivity (Wildman–Crippen MR) is 69.5 cm³/mol. The molecule has 0 saturated carbocycles. The van der Waals surface area contributed by atoms with Gasteiger partial charge >= 0.3 is 0 Å². The van der Waals surface area contributed by atoms with E-state index in [-0.39, 0.29) is 0 Å². The number of rotatable bonds is 3. The number of halogens is 1. The zero-order valence-corrected chi connectivity index (χ0v) is 10.9. The van der Waals surface area contributed by atoms with E-state index in [1.165, 1.54) is 5.56 Å². The van der Waals surface area contributed by atoms with E-state index in [9.17, 15) is 0 Å². The monoisotopic (exact) mass is 279 g/mol. The molecule has 2 rings (SSSR count). The highest BCUT2D eigenvalue weighted by molar-refractivity contribution is 9.10. The molecule has 0 aliphatic carbocycles. The van der Waals surface area contributed by atoms with Gasteiger partial charge in [-0.25, -0.2) is 4.98 Å². The van der Waals surface area contributed by atoms with E-state index in [2.05, 4.69) is 50.3 Å². The fraction of sp³-hybridized carbons (Fsp3) is 0.250. The van der Waals surface area contributed by atoms with Crippen LogP contribution in [0.2, 0.25) is 0 Å². The average molecular weight is 280 g/mol. The first-order chi connectivity index (χ1) is 7.65. The third-order valence-corrected chi connectivity index (χ3v) is 2.92. The number of H-pyrrole nitrogens is 1. The SMILES string of the molecule is Cc1ncc(CNc2cc(Br)ccc2C)[nH]1. The summed E-state index contributed by atoms with van der Waals surface area (Å²) in [5.41, 5.74) is 3.47. The number of imidazole rings is 1. The van der Waals surface area contributed by atoms with Gasteiger partial charge in [-0.1, -0.05) is 22.0 Å². The van der Waals surface area contributed by atoms with Crippen molar-refractivity contribution in [3.05, 3.63) is 46.0 Å². The molecular weight excluding hydrogens is 266 g/mol. The van der Waals surface area contributed by atoms with Gasteiger partial charge in [0.1, 0.15) is 5.82 Å². The highest BCUT2D eigenvalue weighted by Crippen LogP contribution is 2.20. The van der Waals surface area contributed by atoms with Crippen molar-refractivity contribution in [2.75, 3.05) is 5.32 Å². The average Bonchev–Trinajstić information content (AvgIpc) is 2.66. The summed E-state index contributed by atoms with van der Waals surface area (Å²) in [6.45, 7) is 4.80. The largest absolute Gasteiger partial charge is 0.379 e. The van der Waals surface area contributed by atoms with Crippen LogP contribution in [-0.2, 0) is 6.54 Å². The molecule has 1 aromatic heterocycles. The Morgan fingerprint density at radius 3 is 2.88 bits per heavy atom. The van der Waals surface area contributed by atoms with Crippen molar-refractivity contribution in [3.8, 4) is 0 Å². The third kappa shape index (κ3) is 2.64. The molecule has 0 amide bonds. The Morgan fingerprint density at radius 1 is 1.38 bits per heavy atom. The van der Waals surface area contributed by atoms with Crippen LogP contribution in [0.3, 0.4) is 0 Å². The zero-order chi connectivity index (χ0) is 11.5. The minimum absolute atomic E-state index is 0.762. The summed E-state index contributed by atoms with van der Waals surface area (Å²) in [7, 11) is 0. The van der Waals surface area contributed by atoms with Crippen molar-refractivity contribution >= 4 is 21.6 Å². The maximum Gasteiger partial charge on any atom is 0.103 e. The lowest BCUT2D eigenvalue weighted by Gasteiger charge is -2.08. The summed E-state index contributed by atoms with van der Waals surface area (Å²) in [5, 5.41) is 3.38. The number of benzene rings is 1. The first-order valence-electron chi connectivity index (χ1n) is 5.15. The summed E-state index contributed by atoms with van der Waals surface area (Å²) in [6, 6.07) is 6.21. The number of aromatic nitrogens is 2. The summed E-state index contributed by atoms with van der Waals surface area (Å²) in [4.78, 5) is 7.36. The second-order valence-corrected chi connectivity index (χ2v) is 4.72. The number of nitrogens with zero attached hydrogens (tertiary/aromatic N) is 1. The minimum Gasteiger partial charge on any atom is -0.379 e. The van der Waals surface area contributed by atoms with E-state index in [1.54, 1.807) is 0 Å². The van der Waals surface area contributed by atoms with Gasteiger partial charge in [-0.15, -0.1) is 0 Å². The number of hydrogen-bond acceptors (Lipinski definition) is 2. The normalized spacial score (nSPS) is 10.4. The van der Waals surface area contributed by atoms with E-state index in [1.807, 2.05) is 19.2 Å². The van der Waals surface area contributed by atoms with Gasteiger partial charge in [-0.05, 0) is 31.5 Å². The Labute approximate surface area is 103 Å². The molecule has 4 heteroatoms. The molecule has 2 N–H and O–H groups in total. The van der Waals surface area contributed by atoms with Gasteiger partial charge in [0.05, 0.1) is 18.4 Å². The van der Waals surface area contributed by atoms with E-state index >= 15 is 0 Å². The van der Waals surface area contributed by atoms with Crippen LogP contribution >= 0.6 is 15.9 Å². The maximum absolute atomic E-state index is 4.16. The van der Waals surface area contributed by atoms with Crippen LogP contribution < -0.4 is 5.32 Å². The van der Waals surface area contributed by atoms with Gasteiger partial charge in [-0.3, -0.25) is 0 Å². The van der Waals surface area contributed by atoms with E-state index in [4.69, 9.17) is 0 Å². The molecule has 3 nitrogen and oxygen atoms in total. The standard InChI is InChI=1S/C12H14BrN3/c1-8-3-4-10(13)5-12(8)15-7-11-6-14-9(2)16-11/h3-6,15H,7H2,1-2H3,(H,14,16). The van der Waals surface area contributed by atoms with Crippen LogP contribution in [0.4, 0.5) is 5.69 Å². The molecule has 0 unspecified atom stereocenters. The first-order valence-corrected chi connectivity index (χ1v) is 5.95. The minimum atomic E-state index is 0.762. The van der Waals surface area contributed by atoms with Crippen LogP contribution in [0, 0.1) is 13.8 Å². The van der Waals surface area contributed by atoms with Crippen LogP contribution in [0.1, 0.15) is 17.1 Å². The summed E-state index contributed by atoms with van der Waals surface area (Å²) in [6.07, 6.45) is 1.86. The lowest BCUT2D eigenvalue weighted by atomic mass is 10.2. The highest BCUT2D eigenvalue weighted by Gasteiger charge is 2.00.